The summed E-state index contributed by atoms with van der Waals surface area (Å²) in [5.41, 5.74) is 0.773. The number of hydrogen-bond donors (Lipinski definition) is 0. The van der Waals surface area contributed by atoms with E-state index in [1.165, 1.54) is 12.1 Å². The molecule has 0 saturated carbocycles. The largest absolute Gasteiger partial charge is 0.299 e. The highest BCUT2D eigenvalue weighted by atomic mass is 19.1. The molecule has 0 aliphatic heterocycles. The van der Waals surface area contributed by atoms with Crippen molar-refractivity contribution >= 4 is 5.78 Å². The van der Waals surface area contributed by atoms with Gasteiger partial charge in [-0.25, -0.2) is 4.39 Å². The quantitative estimate of drug-likeness (QED) is 0.699. The third-order valence-corrected chi connectivity index (χ3v) is 2.15. The van der Waals surface area contributed by atoms with Crippen molar-refractivity contribution in [3.8, 4) is 0 Å². The summed E-state index contributed by atoms with van der Waals surface area (Å²) in [4.78, 5) is 11.2. The maximum atomic E-state index is 12.8. The molecule has 0 bridgehead atoms. The number of carbonyl (C=O) groups is 1. The lowest BCUT2D eigenvalue weighted by Gasteiger charge is -2.10. The average molecular weight is 180 g/mol. The van der Waals surface area contributed by atoms with Gasteiger partial charge in [0.05, 0.1) is 0 Å². The number of carbonyl (C=O) groups excluding carboxylic acids is 1. The van der Waals surface area contributed by atoms with Gasteiger partial charge in [0.2, 0.25) is 0 Å². The fourth-order valence-electron chi connectivity index (χ4n) is 1.48. The Labute approximate surface area is 77.6 Å². The predicted octanol–water partition coefficient (Wildman–Crippen LogP) is 2.91. The predicted molar refractivity (Wildman–Crippen MR) is 50.1 cm³/mol. The van der Waals surface area contributed by atoms with Gasteiger partial charge in [0.1, 0.15) is 11.6 Å². The third-order valence-electron chi connectivity index (χ3n) is 2.15. The average Bonchev–Trinajstić information content (AvgIpc) is 2.04. The Morgan fingerprint density at radius 1 is 1.54 bits per heavy atom. The molecule has 0 aromatic heterocycles. The van der Waals surface area contributed by atoms with Crippen molar-refractivity contribution in [1.82, 2.24) is 0 Å². The second-order valence-electron chi connectivity index (χ2n) is 3.13. The Bertz CT molecular complexity index is 307. The van der Waals surface area contributed by atoms with E-state index in [0.717, 1.165) is 12.0 Å². The zero-order valence-corrected chi connectivity index (χ0v) is 7.88. The Kier molecular flexibility index (Phi) is 3.18. The van der Waals surface area contributed by atoms with Gasteiger partial charge in [-0.3, -0.25) is 4.79 Å². The van der Waals surface area contributed by atoms with E-state index in [2.05, 4.69) is 0 Å². The first-order chi connectivity index (χ1) is 6.15. The molecule has 1 unspecified atom stereocenters. The number of rotatable bonds is 3. The van der Waals surface area contributed by atoms with Crippen molar-refractivity contribution in [1.29, 1.82) is 0 Å². The molecule has 1 atom stereocenters. The first kappa shape index (κ1) is 9.90. The van der Waals surface area contributed by atoms with Gasteiger partial charge < -0.3 is 0 Å². The van der Waals surface area contributed by atoms with Gasteiger partial charge in [0.15, 0.2) is 0 Å². The van der Waals surface area contributed by atoms with E-state index in [9.17, 15) is 9.18 Å². The van der Waals surface area contributed by atoms with E-state index in [1.807, 2.05) is 6.92 Å². The van der Waals surface area contributed by atoms with Crippen LogP contribution in [0.4, 0.5) is 4.39 Å². The lowest BCUT2D eigenvalue weighted by atomic mass is 9.93. The molecule has 1 rings (SSSR count). The molecule has 1 aromatic carbocycles. The third kappa shape index (κ3) is 2.38. The van der Waals surface area contributed by atoms with E-state index in [4.69, 9.17) is 0 Å². The molecule has 0 N–H and O–H groups in total. The standard InChI is InChI=1S/C11H13FO/c1-3-11(8(2)13)9-5-4-6-10(12)7-9/h4-7,11H,3H2,1-2H3. The summed E-state index contributed by atoms with van der Waals surface area (Å²) < 4.78 is 12.8. The minimum Gasteiger partial charge on any atom is -0.299 e. The highest BCUT2D eigenvalue weighted by Gasteiger charge is 2.14. The van der Waals surface area contributed by atoms with Crippen molar-refractivity contribution in [3.05, 3.63) is 35.6 Å². The van der Waals surface area contributed by atoms with Gasteiger partial charge >= 0.3 is 0 Å². The molecule has 0 aliphatic carbocycles. The first-order valence-electron chi connectivity index (χ1n) is 4.41. The van der Waals surface area contributed by atoms with Crippen molar-refractivity contribution in [2.24, 2.45) is 0 Å². The molecule has 0 fully saturated rings. The highest BCUT2D eigenvalue weighted by Crippen LogP contribution is 2.20. The van der Waals surface area contributed by atoms with Crippen LogP contribution in [0.5, 0.6) is 0 Å². The van der Waals surface area contributed by atoms with E-state index >= 15 is 0 Å². The summed E-state index contributed by atoms with van der Waals surface area (Å²) in [5, 5.41) is 0. The second kappa shape index (κ2) is 4.17. The summed E-state index contributed by atoms with van der Waals surface area (Å²) in [6.45, 7) is 3.47. The smallest absolute Gasteiger partial charge is 0.137 e. The van der Waals surface area contributed by atoms with Crippen LogP contribution < -0.4 is 0 Å². The summed E-state index contributed by atoms with van der Waals surface area (Å²) in [6.07, 6.45) is 0.721. The van der Waals surface area contributed by atoms with Crippen LogP contribution in [0.2, 0.25) is 0 Å². The van der Waals surface area contributed by atoms with Gasteiger partial charge in [0.25, 0.3) is 0 Å². The number of hydrogen-bond acceptors (Lipinski definition) is 1. The maximum Gasteiger partial charge on any atom is 0.137 e. The molecule has 0 heterocycles. The fourth-order valence-corrected chi connectivity index (χ4v) is 1.48. The van der Waals surface area contributed by atoms with Crippen LogP contribution in [0, 0.1) is 5.82 Å². The molecule has 13 heavy (non-hydrogen) atoms. The second-order valence-corrected chi connectivity index (χ2v) is 3.13. The minimum atomic E-state index is -0.280. The minimum absolute atomic E-state index is 0.0908. The van der Waals surface area contributed by atoms with Crippen LogP contribution in [0.3, 0.4) is 0 Å². The van der Waals surface area contributed by atoms with Crippen molar-refractivity contribution in [2.45, 2.75) is 26.2 Å². The Morgan fingerprint density at radius 2 is 2.23 bits per heavy atom. The molecule has 0 aliphatic rings. The zero-order chi connectivity index (χ0) is 9.84. The monoisotopic (exact) mass is 180 g/mol. The van der Waals surface area contributed by atoms with Crippen molar-refractivity contribution < 1.29 is 9.18 Å². The number of benzene rings is 1. The van der Waals surface area contributed by atoms with Gasteiger partial charge in [-0.1, -0.05) is 19.1 Å². The van der Waals surface area contributed by atoms with Gasteiger partial charge in [-0.2, -0.15) is 0 Å². The van der Waals surface area contributed by atoms with Crippen molar-refractivity contribution in [3.63, 3.8) is 0 Å². The van der Waals surface area contributed by atoms with Gasteiger partial charge in [-0.15, -0.1) is 0 Å². The molecule has 70 valence electrons. The van der Waals surface area contributed by atoms with Crippen LogP contribution in [-0.2, 0) is 4.79 Å². The van der Waals surface area contributed by atoms with Crippen LogP contribution in [0.25, 0.3) is 0 Å². The van der Waals surface area contributed by atoms with E-state index < -0.39 is 0 Å². The topological polar surface area (TPSA) is 17.1 Å². The summed E-state index contributed by atoms with van der Waals surface area (Å²) in [5.74, 6) is -0.346. The summed E-state index contributed by atoms with van der Waals surface area (Å²) in [7, 11) is 0. The van der Waals surface area contributed by atoms with Crippen LogP contribution in [0.15, 0.2) is 24.3 Å². The lowest BCUT2D eigenvalue weighted by molar-refractivity contribution is -0.118. The Hall–Kier alpha value is -1.18. The molecule has 1 nitrogen and oxygen atoms in total. The molecule has 0 saturated heterocycles. The molecule has 1 aromatic rings. The number of Topliss-reactive ketones (excluding diaryl/α,β-unsaturated/α-hetero) is 1. The first-order valence-corrected chi connectivity index (χ1v) is 4.41. The number of ketones is 1. The Balaban J connectivity index is 2.98. The molecule has 0 spiro atoms. The van der Waals surface area contributed by atoms with Crippen LogP contribution in [-0.4, -0.2) is 5.78 Å². The van der Waals surface area contributed by atoms with E-state index in [-0.39, 0.29) is 17.5 Å². The van der Waals surface area contributed by atoms with Crippen molar-refractivity contribution in [2.75, 3.05) is 0 Å². The number of halogens is 1. The van der Waals surface area contributed by atoms with Crippen LogP contribution in [0.1, 0.15) is 31.7 Å². The molecular weight excluding hydrogens is 167 g/mol. The highest BCUT2D eigenvalue weighted by molar-refractivity contribution is 5.83. The Morgan fingerprint density at radius 3 is 2.69 bits per heavy atom. The van der Waals surface area contributed by atoms with Crippen LogP contribution >= 0.6 is 0 Å². The molecule has 0 radical (unpaired) electrons. The van der Waals surface area contributed by atoms with Gasteiger partial charge in [-0.05, 0) is 31.0 Å². The fraction of sp³-hybridized carbons (Fsp3) is 0.364. The SMILES string of the molecule is CCC(C(C)=O)c1cccc(F)c1. The zero-order valence-electron chi connectivity index (χ0n) is 7.88. The normalized spacial score (nSPS) is 12.5. The molecule has 0 amide bonds. The molecule has 2 heteroatoms. The maximum absolute atomic E-state index is 12.8. The molecular formula is C11H13FO. The van der Waals surface area contributed by atoms with E-state index in [1.54, 1.807) is 19.1 Å². The summed E-state index contributed by atoms with van der Waals surface area (Å²) >= 11 is 0. The van der Waals surface area contributed by atoms with E-state index in [0.29, 0.717) is 0 Å². The summed E-state index contributed by atoms with van der Waals surface area (Å²) in [6, 6.07) is 6.24. The van der Waals surface area contributed by atoms with Gasteiger partial charge in [0, 0.05) is 5.92 Å². The lowest BCUT2D eigenvalue weighted by Crippen LogP contribution is -2.07.